The Morgan fingerprint density at radius 3 is 2.55 bits per heavy atom. The summed E-state index contributed by atoms with van der Waals surface area (Å²) in [6, 6.07) is 5.57. The summed E-state index contributed by atoms with van der Waals surface area (Å²) in [5.74, 6) is 0.0232. The van der Waals surface area contributed by atoms with Crippen LogP contribution in [-0.2, 0) is 16.8 Å². The highest BCUT2D eigenvalue weighted by Crippen LogP contribution is 2.16. The minimum absolute atomic E-state index is 0.116. The van der Waals surface area contributed by atoms with Gasteiger partial charge in [0.15, 0.2) is 0 Å². The maximum absolute atomic E-state index is 12.8. The van der Waals surface area contributed by atoms with E-state index in [4.69, 9.17) is 4.52 Å². The molecule has 0 saturated heterocycles. The fourth-order valence-electron chi connectivity index (χ4n) is 1.32. The number of halogens is 1. The van der Waals surface area contributed by atoms with E-state index in [1.54, 1.807) is 0 Å². The summed E-state index contributed by atoms with van der Waals surface area (Å²) >= 11 is 0. The molecule has 0 saturated carbocycles. The lowest BCUT2D eigenvalue weighted by atomic mass is 10.2. The van der Waals surface area contributed by atoms with Gasteiger partial charge in [0.05, 0.1) is 6.54 Å². The van der Waals surface area contributed by atoms with Gasteiger partial charge < -0.3 is 4.52 Å². The molecule has 1 heterocycles. The molecule has 1 aromatic heterocycles. The molecule has 9 heteroatoms. The van der Waals surface area contributed by atoms with Crippen LogP contribution in [0, 0.1) is 5.82 Å². The Bertz CT molecular complexity index is 682. The maximum atomic E-state index is 12.8. The van der Waals surface area contributed by atoms with E-state index in [-0.39, 0.29) is 24.1 Å². The molecule has 20 heavy (non-hydrogen) atoms. The van der Waals surface area contributed by atoms with Crippen molar-refractivity contribution in [2.24, 2.45) is 0 Å². The molecule has 0 radical (unpaired) electrons. The molecule has 0 spiro atoms. The van der Waals surface area contributed by atoms with Crippen LogP contribution in [0.2, 0.25) is 0 Å². The first kappa shape index (κ1) is 14.6. The second-order valence-electron chi connectivity index (χ2n) is 4.13. The Morgan fingerprint density at radius 1 is 1.30 bits per heavy atom. The molecule has 7 nitrogen and oxygen atoms in total. The second-order valence-corrected chi connectivity index (χ2v) is 6.10. The Kier molecular flexibility index (Phi) is 4.12. The van der Waals surface area contributed by atoms with E-state index in [0.29, 0.717) is 5.56 Å². The van der Waals surface area contributed by atoms with Gasteiger partial charge in [0, 0.05) is 19.7 Å². The smallest absolute Gasteiger partial charge is 0.279 e. The summed E-state index contributed by atoms with van der Waals surface area (Å²) in [6.07, 6.45) is 0. The number of nitrogens with one attached hydrogen (secondary N) is 1. The Morgan fingerprint density at radius 2 is 1.95 bits per heavy atom. The summed E-state index contributed by atoms with van der Waals surface area (Å²) in [5.41, 5.74) is 0.580. The molecule has 0 atom stereocenters. The third kappa shape index (κ3) is 3.38. The Balaban J connectivity index is 2.08. The van der Waals surface area contributed by atoms with Crippen molar-refractivity contribution in [2.45, 2.75) is 6.54 Å². The van der Waals surface area contributed by atoms with Crippen LogP contribution in [0.25, 0.3) is 11.4 Å². The first-order valence-electron chi connectivity index (χ1n) is 5.64. The molecule has 2 rings (SSSR count). The third-order valence-corrected chi connectivity index (χ3v) is 3.93. The lowest BCUT2D eigenvalue weighted by molar-refractivity contribution is 0.374. The predicted molar refractivity (Wildman–Crippen MR) is 69.1 cm³/mol. The largest absolute Gasteiger partial charge is 0.338 e. The van der Waals surface area contributed by atoms with Crippen molar-refractivity contribution in [2.75, 3.05) is 14.1 Å². The molecule has 0 aliphatic rings. The standard InChI is InChI=1S/C11H13FN4O3S/c1-16(2)20(17,18)13-7-10-14-11(15-19-10)8-3-5-9(12)6-4-8/h3-6,13H,7H2,1-2H3. The molecule has 108 valence electrons. The van der Waals surface area contributed by atoms with Crippen LogP contribution in [-0.4, -0.2) is 37.0 Å². The summed E-state index contributed by atoms with van der Waals surface area (Å²) < 4.78 is 44.0. The van der Waals surface area contributed by atoms with E-state index in [1.165, 1.54) is 38.4 Å². The molecule has 2 aromatic rings. The molecule has 1 aromatic carbocycles. The molecule has 0 amide bonds. The van der Waals surface area contributed by atoms with Gasteiger partial charge in [-0.2, -0.15) is 22.4 Å². The highest BCUT2D eigenvalue weighted by Gasteiger charge is 2.15. The summed E-state index contributed by atoms with van der Waals surface area (Å²) in [6.45, 7) is -0.116. The molecule has 0 bridgehead atoms. The molecule has 0 unspecified atom stereocenters. The van der Waals surface area contributed by atoms with Crippen molar-refractivity contribution in [3.8, 4) is 11.4 Å². The highest BCUT2D eigenvalue weighted by atomic mass is 32.2. The van der Waals surface area contributed by atoms with Gasteiger partial charge >= 0.3 is 0 Å². The van der Waals surface area contributed by atoms with Crippen LogP contribution in [0.3, 0.4) is 0 Å². The Labute approximate surface area is 115 Å². The second kappa shape index (κ2) is 5.65. The van der Waals surface area contributed by atoms with Crippen molar-refractivity contribution in [3.63, 3.8) is 0 Å². The average Bonchev–Trinajstić information content (AvgIpc) is 2.86. The van der Waals surface area contributed by atoms with Gasteiger partial charge in [0.25, 0.3) is 10.2 Å². The van der Waals surface area contributed by atoms with Crippen LogP contribution < -0.4 is 4.72 Å². The van der Waals surface area contributed by atoms with E-state index in [0.717, 1.165) is 4.31 Å². The van der Waals surface area contributed by atoms with Crippen molar-refractivity contribution in [3.05, 3.63) is 36.0 Å². The number of nitrogens with zero attached hydrogens (tertiary/aromatic N) is 3. The van der Waals surface area contributed by atoms with E-state index in [1.807, 2.05) is 0 Å². The number of rotatable bonds is 5. The van der Waals surface area contributed by atoms with Crippen molar-refractivity contribution in [1.29, 1.82) is 0 Å². The fraction of sp³-hybridized carbons (Fsp3) is 0.273. The topological polar surface area (TPSA) is 88.3 Å². The highest BCUT2D eigenvalue weighted by molar-refractivity contribution is 7.87. The van der Waals surface area contributed by atoms with Gasteiger partial charge in [-0.15, -0.1) is 0 Å². The van der Waals surface area contributed by atoms with E-state index in [9.17, 15) is 12.8 Å². The molecule has 0 fully saturated rings. The Hall–Kier alpha value is -1.84. The van der Waals surface area contributed by atoms with Crippen molar-refractivity contribution in [1.82, 2.24) is 19.2 Å². The summed E-state index contributed by atoms with van der Waals surface area (Å²) in [7, 11) is -0.746. The monoisotopic (exact) mass is 300 g/mol. The van der Waals surface area contributed by atoms with Crippen LogP contribution in [0.5, 0.6) is 0 Å². The fourth-order valence-corrected chi connectivity index (χ4v) is 1.89. The SMILES string of the molecule is CN(C)S(=O)(=O)NCc1nc(-c2ccc(F)cc2)no1. The molecular formula is C11H13FN4O3S. The van der Waals surface area contributed by atoms with Crippen LogP contribution >= 0.6 is 0 Å². The molecular weight excluding hydrogens is 287 g/mol. The van der Waals surface area contributed by atoms with Crippen LogP contribution in [0.15, 0.2) is 28.8 Å². The van der Waals surface area contributed by atoms with Crippen molar-refractivity contribution >= 4 is 10.2 Å². The molecule has 0 aliphatic heterocycles. The van der Waals surface area contributed by atoms with Gasteiger partial charge in [-0.1, -0.05) is 5.16 Å². The zero-order chi connectivity index (χ0) is 14.8. The third-order valence-electron chi connectivity index (χ3n) is 2.46. The zero-order valence-electron chi connectivity index (χ0n) is 10.9. The quantitative estimate of drug-likeness (QED) is 0.881. The predicted octanol–water partition coefficient (Wildman–Crippen LogP) is 0.772. The van der Waals surface area contributed by atoms with E-state index in [2.05, 4.69) is 14.9 Å². The number of benzene rings is 1. The number of hydrogen-bond donors (Lipinski definition) is 1. The minimum Gasteiger partial charge on any atom is -0.338 e. The number of aromatic nitrogens is 2. The first-order valence-corrected chi connectivity index (χ1v) is 7.08. The first-order chi connectivity index (χ1) is 9.38. The van der Waals surface area contributed by atoms with Gasteiger partial charge in [0.1, 0.15) is 5.82 Å². The normalized spacial score (nSPS) is 12.0. The molecule has 0 aliphatic carbocycles. The van der Waals surface area contributed by atoms with Gasteiger partial charge in [0.2, 0.25) is 11.7 Å². The van der Waals surface area contributed by atoms with E-state index >= 15 is 0 Å². The van der Waals surface area contributed by atoms with Gasteiger partial charge in [-0.05, 0) is 24.3 Å². The number of hydrogen-bond acceptors (Lipinski definition) is 5. The minimum atomic E-state index is -3.55. The van der Waals surface area contributed by atoms with Gasteiger partial charge in [-0.25, -0.2) is 4.39 Å². The summed E-state index contributed by atoms with van der Waals surface area (Å²) in [5, 5.41) is 3.70. The van der Waals surface area contributed by atoms with Crippen LogP contribution in [0.1, 0.15) is 5.89 Å². The lowest BCUT2D eigenvalue weighted by Crippen LogP contribution is -2.35. The van der Waals surface area contributed by atoms with E-state index < -0.39 is 10.2 Å². The molecule has 1 N–H and O–H groups in total. The summed E-state index contributed by atoms with van der Waals surface area (Å²) in [4.78, 5) is 4.03. The zero-order valence-corrected chi connectivity index (χ0v) is 11.7. The van der Waals surface area contributed by atoms with Gasteiger partial charge in [-0.3, -0.25) is 0 Å². The van der Waals surface area contributed by atoms with Crippen molar-refractivity contribution < 1.29 is 17.3 Å². The maximum Gasteiger partial charge on any atom is 0.279 e. The van der Waals surface area contributed by atoms with Crippen LogP contribution in [0.4, 0.5) is 4.39 Å². The average molecular weight is 300 g/mol. The lowest BCUT2D eigenvalue weighted by Gasteiger charge is -2.10.